The smallest absolute Gasteiger partial charge is 0.261 e. The summed E-state index contributed by atoms with van der Waals surface area (Å²) in [7, 11) is 1.69. The molecule has 0 unspecified atom stereocenters. The van der Waals surface area contributed by atoms with Gasteiger partial charge in [0.2, 0.25) is 5.91 Å². The molecule has 0 aliphatic carbocycles. The van der Waals surface area contributed by atoms with E-state index in [0.29, 0.717) is 31.8 Å². The molecule has 0 fully saturated rings. The van der Waals surface area contributed by atoms with E-state index in [0.717, 1.165) is 21.7 Å². The summed E-state index contributed by atoms with van der Waals surface area (Å²) in [5.74, 6) is 0.139. The lowest BCUT2D eigenvalue weighted by Crippen LogP contribution is -2.40. The SMILES string of the molecule is Cc1cc(CC(=O)N2CCc3c(c[nH]c(=O)c3C(=O)N(C)Cc3cccs3)C2)on1. The molecular weight excluding hydrogens is 404 g/mol. The number of pyridine rings is 1. The minimum absolute atomic E-state index is 0.0781. The summed E-state index contributed by atoms with van der Waals surface area (Å²) in [6.07, 6.45) is 2.19. The Hall–Kier alpha value is -3.20. The average Bonchev–Trinajstić information content (AvgIpc) is 3.38. The van der Waals surface area contributed by atoms with Crippen LogP contribution >= 0.6 is 11.3 Å². The predicted octanol–water partition coefficient (Wildman–Crippen LogP) is 2.13. The van der Waals surface area contributed by atoms with E-state index in [1.54, 1.807) is 47.4 Å². The molecule has 0 atom stereocenters. The number of aromatic amines is 1. The Morgan fingerprint density at radius 1 is 1.40 bits per heavy atom. The molecule has 1 aliphatic rings. The number of rotatable bonds is 5. The van der Waals surface area contributed by atoms with Crippen LogP contribution in [-0.2, 0) is 30.7 Å². The fourth-order valence-electron chi connectivity index (χ4n) is 3.67. The van der Waals surface area contributed by atoms with Gasteiger partial charge in [0.15, 0.2) is 0 Å². The maximum Gasteiger partial charge on any atom is 0.261 e. The first kappa shape index (κ1) is 20.1. The first-order valence-electron chi connectivity index (χ1n) is 9.63. The van der Waals surface area contributed by atoms with Crippen LogP contribution in [0.2, 0.25) is 0 Å². The number of aryl methyl sites for hydroxylation is 1. The second-order valence-corrected chi connectivity index (χ2v) is 8.45. The minimum atomic E-state index is -0.395. The zero-order valence-corrected chi connectivity index (χ0v) is 17.6. The van der Waals surface area contributed by atoms with Crippen LogP contribution in [0, 0.1) is 6.92 Å². The van der Waals surface area contributed by atoms with Gasteiger partial charge < -0.3 is 19.3 Å². The number of aromatic nitrogens is 2. The van der Waals surface area contributed by atoms with E-state index in [1.807, 2.05) is 17.5 Å². The van der Waals surface area contributed by atoms with Gasteiger partial charge in [-0.05, 0) is 35.9 Å². The molecule has 4 rings (SSSR count). The molecule has 9 heteroatoms. The Bertz CT molecular complexity index is 1130. The third-order valence-corrected chi connectivity index (χ3v) is 6.04. The topological polar surface area (TPSA) is 99.5 Å². The Morgan fingerprint density at radius 2 is 2.23 bits per heavy atom. The highest BCUT2D eigenvalue weighted by atomic mass is 32.1. The van der Waals surface area contributed by atoms with Gasteiger partial charge in [0, 0.05) is 37.3 Å². The Kier molecular flexibility index (Phi) is 5.54. The summed E-state index contributed by atoms with van der Waals surface area (Å²) in [6.45, 7) is 3.03. The summed E-state index contributed by atoms with van der Waals surface area (Å²) in [5, 5.41) is 5.76. The first-order valence-corrected chi connectivity index (χ1v) is 10.5. The largest absolute Gasteiger partial charge is 0.361 e. The fraction of sp³-hybridized carbons (Fsp3) is 0.333. The van der Waals surface area contributed by atoms with Crippen molar-refractivity contribution in [1.82, 2.24) is 19.9 Å². The molecule has 1 aliphatic heterocycles. The second kappa shape index (κ2) is 8.27. The van der Waals surface area contributed by atoms with Crippen molar-refractivity contribution in [3.05, 3.63) is 73.2 Å². The lowest BCUT2D eigenvalue weighted by atomic mass is 9.96. The first-order chi connectivity index (χ1) is 14.4. The van der Waals surface area contributed by atoms with Gasteiger partial charge in [-0.25, -0.2) is 0 Å². The zero-order chi connectivity index (χ0) is 21.3. The summed E-state index contributed by atoms with van der Waals surface area (Å²) in [5.41, 5.74) is 2.02. The number of carbonyl (C=O) groups is 2. The van der Waals surface area contributed by atoms with Crippen LogP contribution in [0.4, 0.5) is 0 Å². The van der Waals surface area contributed by atoms with E-state index in [1.165, 1.54) is 0 Å². The van der Waals surface area contributed by atoms with Crippen molar-refractivity contribution < 1.29 is 14.1 Å². The number of fused-ring (bicyclic) bond motifs is 1. The fourth-order valence-corrected chi connectivity index (χ4v) is 4.42. The van der Waals surface area contributed by atoms with Gasteiger partial charge >= 0.3 is 0 Å². The van der Waals surface area contributed by atoms with E-state index < -0.39 is 5.56 Å². The van der Waals surface area contributed by atoms with Crippen LogP contribution in [0.1, 0.15) is 37.8 Å². The van der Waals surface area contributed by atoms with Gasteiger partial charge in [0.1, 0.15) is 11.3 Å². The molecule has 1 N–H and O–H groups in total. The van der Waals surface area contributed by atoms with Crippen molar-refractivity contribution in [2.75, 3.05) is 13.6 Å². The van der Waals surface area contributed by atoms with Gasteiger partial charge in [-0.15, -0.1) is 11.3 Å². The molecule has 30 heavy (non-hydrogen) atoms. The van der Waals surface area contributed by atoms with Gasteiger partial charge in [0.25, 0.3) is 11.5 Å². The third-order valence-electron chi connectivity index (χ3n) is 5.18. The quantitative estimate of drug-likeness (QED) is 0.674. The normalized spacial score (nSPS) is 13.2. The molecule has 8 nitrogen and oxygen atoms in total. The number of amides is 2. The van der Waals surface area contributed by atoms with Crippen LogP contribution in [0.3, 0.4) is 0 Å². The molecule has 0 radical (unpaired) electrons. The van der Waals surface area contributed by atoms with Crippen molar-refractivity contribution in [3.63, 3.8) is 0 Å². The maximum absolute atomic E-state index is 13.0. The Balaban J connectivity index is 1.52. The Labute approximate surface area is 177 Å². The number of nitrogens with zero attached hydrogens (tertiary/aromatic N) is 3. The van der Waals surface area contributed by atoms with Crippen molar-refractivity contribution in [3.8, 4) is 0 Å². The average molecular weight is 426 g/mol. The molecule has 4 heterocycles. The Morgan fingerprint density at radius 3 is 2.93 bits per heavy atom. The van der Waals surface area contributed by atoms with Crippen LogP contribution in [0.25, 0.3) is 0 Å². The molecule has 0 saturated carbocycles. The van der Waals surface area contributed by atoms with Gasteiger partial charge in [0.05, 0.1) is 18.7 Å². The molecule has 3 aromatic heterocycles. The summed E-state index contributed by atoms with van der Waals surface area (Å²) in [4.78, 5) is 45.2. The number of hydrogen-bond acceptors (Lipinski definition) is 6. The highest BCUT2D eigenvalue weighted by Gasteiger charge is 2.28. The standard InChI is InChI=1S/C21H22N4O4S/c1-13-8-15(29-23-13)9-18(26)25-6-5-17-14(11-25)10-22-20(27)19(17)21(28)24(2)12-16-4-3-7-30-16/h3-4,7-8,10H,5-6,9,11-12H2,1-2H3,(H,22,27). The number of nitrogens with one attached hydrogen (secondary N) is 1. The second-order valence-electron chi connectivity index (χ2n) is 7.41. The van der Waals surface area contributed by atoms with Crippen molar-refractivity contribution in [1.29, 1.82) is 0 Å². The van der Waals surface area contributed by atoms with Gasteiger partial charge in [-0.1, -0.05) is 11.2 Å². The van der Waals surface area contributed by atoms with Crippen LogP contribution in [0.5, 0.6) is 0 Å². The van der Waals surface area contributed by atoms with Crippen LogP contribution in [-0.4, -0.2) is 45.3 Å². The lowest BCUT2D eigenvalue weighted by molar-refractivity contribution is -0.131. The molecule has 0 saturated heterocycles. The summed E-state index contributed by atoms with van der Waals surface area (Å²) in [6, 6.07) is 5.63. The molecular formula is C21H22N4O4S. The maximum atomic E-state index is 13.0. The minimum Gasteiger partial charge on any atom is -0.361 e. The number of thiophene rings is 1. The monoisotopic (exact) mass is 426 g/mol. The third kappa shape index (κ3) is 4.06. The van der Waals surface area contributed by atoms with E-state index in [4.69, 9.17) is 4.52 Å². The summed E-state index contributed by atoms with van der Waals surface area (Å²) < 4.78 is 5.14. The predicted molar refractivity (Wildman–Crippen MR) is 111 cm³/mol. The number of carbonyl (C=O) groups excluding carboxylic acids is 2. The molecule has 0 aromatic carbocycles. The molecule has 0 bridgehead atoms. The van der Waals surface area contributed by atoms with E-state index in [-0.39, 0.29) is 23.8 Å². The van der Waals surface area contributed by atoms with Gasteiger partial charge in [-0.3, -0.25) is 14.4 Å². The van der Waals surface area contributed by atoms with E-state index in [2.05, 4.69) is 10.1 Å². The zero-order valence-electron chi connectivity index (χ0n) is 16.8. The molecule has 3 aromatic rings. The summed E-state index contributed by atoms with van der Waals surface area (Å²) >= 11 is 1.57. The van der Waals surface area contributed by atoms with Crippen LogP contribution in [0.15, 0.2) is 39.1 Å². The van der Waals surface area contributed by atoms with Gasteiger partial charge in [-0.2, -0.15) is 0 Å². The van der Waals surface area contributed by atoms with E-state index in [9.17, 15) is 14.4 Å². The number of hydrogen-bond donors (Lipinski definition) is 1. The molecule has 0 spiro atoms. The lowest BCUT2D eigenvalue weighted by Gasteiger charge is -2.30. The van der Waals surface area contributed by atoms with Crippen LogP contribution < -0.4 is 5.56 Å². The molecule has 2 amide bonds. The molecule has 156 valence electrons. The van der Waals surface area contributed by atoms with Crippen molar-refractivity contribution >= 4 is 23.2 Å². The van der Waals surface area contributed by atoms with Crippen molar-refractivity contribution in [2.24, 2.45) is 0 Å². The highest BCUT2D eigenvalue weighted by molar-refractivity contribution is 7.09. The highest BCUT2D eigenvalue weighted by Crippen LogP contribution is 2.22. The van der Waals surface area contributed by atoms with Crippen molar-refractivity contribution in [2.45, 2.75) is 32.9 Å². The number of H-pyrrole nitrogens is 1. The van der Waals surface area contributed by atoms with E-state index >= 15 is 0 Å².